The Bertz CT molecular complexity index is 425. The molecule has 1 aromatic heterocycles. The van der Waals surface area contributed by atoms with Crippen molar-refractivity contribution in [3.05, 3.63) is 24.0 Å². The molecule has 0 spiro atoms. The van der Waals surface area contributed by atoms with E-state index in [0.717, 1.165) is 25.9 Å². The molecule has 1 aliphatic carbocycles. The lowest BCUT2D eigenvalue weighted by Gasteiger charge is -2.22. The third-order valence-electron chi connectivity index (χ3n) is 3.92. The summed E-state index contributed by atoms with van der Waals surface area (Å²) in [5.74, 6) is 0.122. The van der Waals surface area contributed by atoms with Gasteiger partial charge < -0.3 is 19.9 Å². The lowest BCUT2D eigenvalue weighted by atomic mass is 9.95. The lowest BCUT2D eigenvalue weighted by molar-refractivity contribution is -0.122. The van der Waals surface area contributed by atoms with Crippen LogP contribution in [0.25, 0.3) is 0 Å². The second-order valence-electron chi connectivity index (χ2n) is 5.76. The molecule has 0 unspecified atom stereocenters. The van der Waals surface area contributed by atoms with Gasteiger partial charge in [0.05, 0.1) is 6.61 Å². The summed E-state index contributed by atoms with van der Waals surface area (Å²) in [5, 5.41) is 6.44. The van der Waals surface area contributed by atoms with E-state index in [1.165, 1.54) is 24.8 Å². The Morgan fingerprint density at radius 1 is 1.38 bits per heavy atom. The number of nitrogens with one attached hydrogen (secondary N) is 2. The van der Waals surface area contributed by atoms with E-state index in [2.05, 4.69) is 10.6 Å². The van der Waals surface area contributed by atoms with Crippen molar-refractivity contribution in [3.8, 4) is 0 Å². The fourth-order valence-corrected chi connectivity index (χ4v) is 2.79. The van der Waals surface area contributed by atoms with E-state index in [0.29, 0.717) is 19.2 Å². The third-order valence-corrected chi connectivity index (χ3v) is 3.92. The Morgan fingerprint density at radius 2 is 2.19 bits per heavy atom. The van der Waals surface area contributed by atoms with Crippen molar-refractivity contribution in [1.29, 1.82) is 0 Å². The van der Waals surface area contributed by atoms with Crippen LogP contribution in [-0.4, -0.2) is 36.8 Å². The van der Waals surface area contributed by atoms with E-state index < -0.39 is 0 Å². The summed E-state index contributed by atoms with van der Waals surface area (Å²) in [6.45, 7) is 2.77. The molecule has 1 aliphatic rings. The highest BCUT2D eigenvalue weighted by atomic mass is 16.5. The number of hydrogen-bond donors (Lipinski definition) is 2. The SMILES string of the molecule is COCCNCc1ccn(CC(=O)NC2CCCCC2)c1. The number of nitrogens with zero attached hydrogens (tertiary/aromatic N) is 1. The number of carbonyl (C=O) groups excluding carboxylic acids is 1. The summed E-state index contributed by atoms with van der Waals surface area (Å²) in [6, 6.07) is 2.44. The molecule has 5 nitrogen and oxygen atoms in total. The lowest BCUT2D eigenvalue weighted by Crippen LogP contribution is -2.38. The first-order valence-electron chi connectivity index (χ1n) is 7.91. The van der Waals surface area contributed by atoms with E-state index in [1.807, 2.05) is 23.0 Å². The van der Waals surface area contributed by atoms with Crippen LogP contribution in [0.3, 0.4) is 0 Å². The molecule has 0 saturated heterocycles. The van der Waals surface area contributed by atoms with Crippen molar-refractivity contribution < 1.29 is 9.53 Å². The summed E-state index contributed by atoms with van der Waals surface area (Å²) < 4.78 is 6.94. The Kier molecular flexibility index (Phi) is 6.76. The Balaban J connectivity index is 1.69. The van der Waals surface area contributed by atoms with Crippen LogP contribution >= 0.6 is 0 Å². The van der Waals surface area contributed by atoms with Gasteiger partial charge >= 0.3 is 0 Å². The molecule has 1 fully saturated rings. The van der Waals surface area contributed by atoms with Gasteiger partial charge in [-0.1, -0.05) is 19.3 Å². The number of carbonyl (C=O) groups is 1. The topological polar surface area (TPSA) is 55.3 Å². The zero-order chi connectivity index (χ0) is 14.9. The maximum atomic E-state index is 12.0. The van der Waals surface area contributed by atoms with Gasteiger partial charge in [0.15, 0.2) is 0 Å². The highest BCUT2D eigenvalue weighted by Gasteiger charge is 2.15. The maximum Gasteiger partial charge on any atom is 0.240 e. The van der Waals surface area contributed by atoms with Crippen molar-refractivity contribution in [2.45, 2.75) is 51.2 Å². The molecule has 0 atom stereocenters. The summed E-state index contributed by atoms with van der Waals surface area (Å²) in [4.78, 5) is 12.0. The Morgan fingerprint density at radius 3 is 2.95 bits per heavy atom. The van der Waals surface area contributed by atoms with Gasteiger partial charge in [0.2, 0.25) is 5.91 Å². The normalized spacial score (nSPS) is 16.0. The molecule has 0 bridgehead atoms. The van der Waals surface area contributed by atoms with E-state index in [4.69, 9.17) is 4.74 Å². The minimum Gasteiger partial charge on any atom is -0.383 e. The molecular formula is C16H27N3O2. The van der Waals surface area contributed by atoms with Crippen molar-refractivity contribution in [1.82, 2.24) is 15.2 Å². The van der Waals surface area contributed by atoms with Gasteiger partial charge in [0.1, 0.15) is 6.54 Å². The van der Waals surface area contributed by atoms with Crippen LogP contribution in [0.5, 0.6) is 0 Å². The predicted molar refractivity (Wildman–Crippen MR) is 83.0 cm³/mol. The second-order valence-corrected chi connectivity index (χ2v) is 5.76. The summed E-state index contributed by atoms with van der Waals surface area (Å²) in [5.41, 5.74) is 1.19. The standard InChI is InChI=1S/C16H27N3O2/c1-21-10-8-17-11-14-7-9-19(12-14)13-16(20)18-15-5-3-2-4-6-15/h7,9,12,15,17H,2-6,8,10-11,13H2,1H3,(H,18,20). The summed E-state index contributed by atoms with van der Waals surface area (Å²) >= 11 is 0. The molecule has 118 valence electrons. The average Bonchev–Trinajstić information content (AvgIpc) is 2.92. The Labute approximate surface area is 127 Å². The van der Waals surface area contributed by atoms with Gasteiger partial charge in [-0.25, -0.2) is 0 Å². The van der Waals surface area contributed by atoms with Gasteiger partial charge in [-0.05, 0) is 24.5 Å². The number of amides is 1. The quantitative estimate of drug-likeness (QED) is 0.717. The smallest absolute Gasteiger partial charge is 0.240 e. The van der Waals surface area contributed by atoms with E-state index in [1.54, 1.807) is 7.11 Å². The first-order valence-corrected chi connectivity index (χ1v) is 7.91. The zero-order valence-electron chi connectivity index (χ0n) is 12.9. The highest BCUT2D eigenvalue weighted by Crippen LogP contribution is 2.17. The van der Waals surface area contributed by atoms with Crippen LogP contribution in [0.4, 0.5) is 0 Å². The second kappa shape index (κ2) is 8.85. The number of aromatic nitrogens is 1. The largest absolute Gasteiger partial charge is 0.383 e. The highest BCUT2D eigenvalue weighted by molar-refractivity contribution is 5.76. The molecule has 0 radical (unpaired) electrons. The van der Waals surface area contributed by atoms with Crippen LogP contribution in [0.2, 0.25) is 0 Å². The predicted octanol–water partition coefficient (Wildman–Crippen LogP) is 1.67. The van der Waals surface area contributed by atoms with Crippen LogP contribution in [-0.2, 0) is 22.6 Å². The third kappa shape index (κ3) is 5.89. The Hall–Kier alpha value is -1.33. The molecule has 21 heavy (non-hydrogen) atoms. The van der Waals surface area contributed by atoms with Crippen LogP contribution in [0.1, 0.15) is 37.7 Å². The maximum absolute atomic E-state index is 12.0. The molecule has 1 aromatic rings. The number of rotatable bonds is 8. The summed E-state index contributed by atoms with van der Waals surface area (Å²) in [7, 11) is 1.70. The number of ether oxygens (including phenoxy) is 1. The number of hydrogen-bond acceptors (Lipinski definition) is 3. The van der Waals surface area contributed by atoms with E-state index in [-0.39, 0.29) is 5.91 Å². The van der Waals surface area contributed by atoms with E-state index >= 15 is 0 Å². The molecule has 1 saturated carbocycles. The fraction of sp³-hybridized carbons (Fsp3) is 0.688. The first kappa shape index (κ1) is 16.0. The van der Waals surface area contributed by atoms with Crippen molar-refractivity contribution >= 4 is 5.91 Å². The van der Waals surface area contributed by atoms with Gasteiger partial charge in [-0.15, -0.1) is 0 Å². The first-order chi connectivity index (χ1) is 10.3. The monoisotopic (exact) mass is 293 g/mol. The van der Waals surface area contributed by atoms with E-state index in [9.17, 15) is 4.79 Å². The average molecular weight is 293 g/mol. The fourth-order valence-electron chi connectivity index (χ4n) is 2.79. The molecule has 0 aromatic carbocycles. The van der Waals surface area contributed by atoms with Gasteiger partial charge in [-0.3, -0.25) is 4.79 Å². The molecule has 0 aliphatic heterocycles. The molecular weight excluding hydrogens is 266 g/mol. The van der Waals surface area contributed by atoms with Gasteiger partial charge in [-0.2, -0.15) is 0 Å². The zero-order valence-corrected chi connectivity index (χ0v) is 12.9. The molecule has 1 amide bonds. The molecule has 1 heterocycles. The van der Waals surface area contributed by atoms with Crippen molar-refractivity contribution in [2.24, 2.45) is 0 Å². The number of methoxy groups -OCH3 is 1. The molecule has 2 N–H and O–H groups in total. The van der Waals surface area contributed by atoms with Crippen molar-refractivity contribution in [3.63, 3.8) is 0 Å². The molecule has 5 heteroatoms. The minimum absolute atomic E-state index is 0.122. The summed E-state index contributed by atoms with van der Waals surface area (Å²) in [6.07, 6.45) is 10.0. The van der Waals surface area contributed by atoms with Gasteiger partial charge in [0, 0.05) is 38.6 Å². The van der Waals surface area contributed by atoms with Gasteiger partial charge in [0.25, 0.3) is 0 Å². The minimum atomic E-state index is 0.122. The van der Waals surface area contributed by atoms with Crippen molar-refractivity contribution in [2.75, 3.05) is 20.3 Å². The van der Waals surface area contributed by atoms with Crippen LogP contribution in [0.15, 0.2) is 18.5 Å². The molecule has 2 rings (SSSR count). The van der Waals surface area contributed by atoms with Crippen LogP contribution in [0, 0.1) is 0 Å². The van der Waals surface area contributed by atoms with Crippen LogP contribution < -0.4 is 10.6 Å².